The summed E-state index contributed by atoms with van der Waals surface area (Å²) in [5.74, 6) is 0.482. The van der Waals surface area contributed by atoms with Crippen LogP contribution in [0.2, 0.25) is 0 Å². The van der Waals surface area contributed by atoms with Gasteiger partial charge in [0.1, 0.15) is 17.0 Å². The number of para-hydroxylation sites is 1. The van der Waals surface area contributed by atoms with Crippen molar-refractivity contribution in [1.29, 1.82) is 0 Å². The van der Waals surface area contributed by atoms with Gasteiger partial charge in [0.05, 0.1) is 11.4 Å². The average Bonchev–Trinajstić information content (AvgIpc) is 2.99. The van der Waals surface area contributed by atoms with Gasteiger partial charge in [0.15, 0.2) is 0 Å². The van der Waals surface area contributed by atoms with Gasteiger partial charge in [0, 0.05) is 22.9 Å². The minimum absolute atomic E-state index is 0.216. The maximum atomic E-state index is 9.88. The molecule has 2 aromatic carbocycles. The molecule has 5 rings (SSSR count). The number of nitrogen functional groups attached to an aromatic ring is 1. The highest BCUT2D eigenvalue weighted by molar-refractivity contribution is 6.20. The summed E-state index contributed by atoms with van der Waals surface area (Å²) in [4.78, 5) is 9.43. The van der Waals surface area contributed by atoms with Crippen molar-refractivity contribution in [2.24, 2.45) is 4.99 Å². The molecule has 26 heavy (non-hydrogen) atoms. The molecule has 0 atom stereocenters. The van der Waals surface area contributed by atoms with Crippen LogP contribution in [0.15, 0.2) is 59.7 Å². The molecule has 0 unspecified atom stereocenters. The Morgan fingerprint density at radius 3 is 2.73 bits per heavy atom. The van der Waals surface area contributed by atoms with Crippen LogP contribution in [0.4, 0.5) is 11.6 Å². The molecular formula is C20H15N5O. The van der Waals surface area contributed by atoms with Crippen molar-refractivity contribution in [1.82, 2.24) is 14.6 Å². The molecule has 0 aliphatic carbocycles. The van der Waals surface area contributed by atoms with Crippen molar-refractivity contribution in [3.8, 4) is 17.0 Å². The second kappa shape index (κ2) is 5.16. The molecule has 3 heterocycles. The Bertz CT molecular complexity index is 1220. The lowest BCUT2D eigenvalue weighted by Gasteiger charge is -2.07. The largest absolute Gasteiger partial charge is 0.508 e. The molecule has 0 saturated heterocycles. The number of hydrogen-bond donors (Lipinski definition) is 2. The summed E-state index contributed by atoms with van der Waals surface area (Å²) >= 11 is 0. The van der Waals surface area contributed by atoms with Gasteiger partial charge in [-0.05, 0) is 42.8 Å². The van der Waals surface area contributed by atoms with Crippen LogP contribution in [0, 0.1) is 6.92 Å². The number of benzene rings is 2. The van der Waals surface area contributed by atoms with E-state index in [9.17, 15) is 5.11 Å². The van der Waals surface area contributed by atoms with E-state index in [0.29, 0.717) is 0 Å². The fourth-order valence-electron chi connectivity index (χ4n) is 3.40. The van der Waals surface area contributed by atoms with Gasteiger partial charge in [-0.1, -0.05) is 18.2 Å². The summed E-state index contributed by atoms with van der Waals surface area (Å²) in [6.07, 6.45) is 1.86. The second-order valence-electron chi connectivity index (χ2n) is 6.32. The zero-order chi connectivity index (χ0) is 17.8. The predicted molar refractivity (Wildman–Crippen MR) is 101 cm³/mol. The number of aliphatic imine (C=N–C) groups is 1. The SMILES string of the molecule is Cc1cc(C2=Nc3ccccc3-c3nc(N)nn4ccc2c34)ccc1O. The lowest BCUT2D eigenvalue weighted by molar-refractivity contribution is 0.471. The lowest BCUT2D eigenvalue weighted by Crippen LogP contribution is -2.06. The number of aromatic nitrogens is 3. The van der Waals surface area contributed by atoms with E-state index in [-0.39, 0.29) is 11.7 Å². The van der Waals surface area contributed by atoms with Gasteiger partial charge in [0.2, 0.25) is 5.95 Å². The van der Waals surface area contributed by atoms with E-state index in [0.717, 1.165) is 44.9 Å². The third-order valence-electron chi connectivity index (χ3n) is 4.64. The molecule has 3 N–H and O–H groups in total. The predicted octanol–water partition coefficient (Wildman–Crippen LogP) is 3.48. The Labute approximate surface area is 149 Å². The van der Waals surface area contributed by atoms with Gasteiger partial charge in [-0.15, -0.1) is 5.10 Å². The molecule has 0 fully saturated rings. The van der Waals surface area contributed by atoms with Crippen LogP contribution < -0.4 is 5.73 Å². The van der Waals surface area contributed by atoms with Gasteiger partial charge >= 0.3 is 0 Å². The van der Waals surface area contributed by atoms with E-state index < -0.39 is 0 Å². The molecular weight excluding hydrogens is 326 g/mol. The third-order valence-corrected chi connectivity index (χ3v) is 4.64. The fraction of sp³-hybridized carbons (Fsp3) is 0.0500. The maximum absolute atomic E-state index is 9.88. The van der Waals surface area contributed by atoms with E-state index in [1.807, 2.05) is 55.6 Å². The van der Waals surface area contributed by atoms with Crippen LogP contribution in [-0.4, -0.2) is 25.4 Å². The maximum Gasteiger partial charge on any atom is 0.238 e. The number of phenolic OH excluding ortho intramolecular Hbond substituents is 1. The first-order chi connectivity index (χ1) is 12.6. The summed E-state index contributed by atoms with van der Waals surface area (Å²) in [5, 5.41) is 14.2. The van der Waals surface area contributed by atoms with E-state index >= 15 is 0 Å². The molecule has 2 aromatic heterocycles. The molecule has 126 valence electrons. The smallest absolute Gasteiger partial charge is 0.238 e. The van der Waals surface area contributed by atoms with Crippen LogP contribution in [0.1, 0.15) is 16.7 Å². The molecule has 0 saturated carbocycles. The highest BCUT2D eigenvalue weighted by Crippen LogP contribution is 2.38. The summed E-state index contributed by atoms with van der Waals surface area (Å²) < 4.78 is 1.75. The van der Waals surface area contributed by atoms with Gasteiger partial charge < -0.3 is 10.8 Å². The average molecular weight is 341 g/mol. The third kappa shape index (κ3) is 2.02. The van der Waals surface area contributed by atoms with Crippen LogP contribution in [0.3, 0.4) is 0 Å². The first-order valence-electron chi connectivity index (χ1n) is 8.25. The second-order valence-corrected chi connectivity index (χ2v) is 6.32. The van der Waals surface area contributed by atoms with Crippen LogP contribution in [0.25, 0.3) is 16.8 Å². The first-order valence-corrected chi connectivity index (χ1v) is 8.25. The number of rotatable bonds is 1. The van der Waals surface area contributed by atoms with Crippen LogP contribution in [-0.2, 0) is 0 Å². The Balaban J connectivity index is 1.91. The normalized spacial score (nSPS) is 12.6. The van der Waals surface area contributed by atoms with E-state index in [1.54, 1.807) is 10.6 Å². The number of aryl methyl sites for hydroxylation is 1. The quantitative estimate of drug-likeness (QED) is 0.488. The number of fused-ring (bicyclic) bond motifs is 2. The number of phenols is 1. The molecule has 6 nitrogen and oxygen atoms in total. The van der Waals surface area contributed by atoms with E-state index in [2.05, 4.69) is 10.1 Å². The number of aromatic hydroxyl groups is 1. The lowest BCUT2D eigenvalue weighted by atomic mass is 10.0. The number of nitrogens with zero attached hydrogens (tertiary/aromatic N) is 4. The molecule has 0 bridgehead atoms. The molecule has 1 aliphatic rings. The Morgan fingerprint density at radius 1 is 1.04 bits per heavy atom. The zero-order valence-corrected chi connectivity index (χ0v) is 14.0. The van der Waals surface area contributed by atoms with Crippen LogP contribution >= 0.6 is 0 Å². The molecule has 1 aliphatic heterocycles. The van der Waals surface area contributed by atoms with E-state index in [4.69, 9.17) is 10.7 Å². The van der Waals surface area contributed by atoms with E-state index in [1.165, 1.54) is 0 Å². The molecule has 4 aromatic rings. The Morgan fingerprint density at radius 2 is 1.88 bits per heavy atom. The van der Waals surface area contributed by atoms with Crippen molar-refractivity contribution in [3.63, 3.8) is 0 Å². The van der Waals surface area contributed by atoms with Gasteiger partial charge in [-0.25, -0.2) is 14.5 Å². The highest BCUT2D eigenvalue weighted by Gasteiger charge is 2.23. The number of hydrogen-bond acceptors (Lipinski definition) is 5. The molecule has 0 radical (unpaired) electrons. The van der Waals surface area contributed by atoms with Gasteiger partial charge in [-0.2, -0.15) is 0 Å². The van der Waals surface area contributed by atoms with Crippen molar-refractivity contribution in [3.05, 3.63) is 71.4 Å². The topological polar surface area (TPSA) is 88.8 Å². The minimum Gasteiger partial charge on any atom is -0.508 e. The van der Waals surface area contributed by atoms with Crippen molar-refractivity contribution in [2.75, 3.05) is 5.73 Å². The Kier molecular flexibility index (Phi) is 2.91. The monoisotopic (exact) mass is 341 g/mol. The number of nitrogens with two attached hydrogens (primary N) is 1. The summed E-state index contributed by atoms with van der Waals surface area (Å²) in [6, 6.07) is 15.3. The van der Waals surface area contributed by atoms with Crippen molar-refractivity contribution >= 4 is 22.9 Å². The summed E-state index contributed by atoms with van der Waals surface area (Å²) in [5.41, 5.74) is 12.8. The molecule has 0 amide bonds. The summed E-state index contributed by atoms with van der Waals surface area (Å²) in [6.45, 7) is 1.87. The van der Waals surface area contributed by atoms with Crippen molar-refractivity contribution < 1.29 is 5.11 Å². The molecule has 0 spiro atoms. The number of anilines is 1. The molecule has 6 heteroatoms. The minimum atomic E-state index is 0.216. The highest BCUT2D eigenvalue weighted by atomic mass is 16.3. The van der Waals surface area contributed by atoms with Gasteiger partial charge in [0.25, 0.3) is 0 Å². The standard InChI is InChI=1S/C20H15N5O/c1-11-10-12(6-7-16(11)26)17-14-8-9-25-19(14)18(23-20(21)24-25)13-4-2-3-5-15(13)22-17/h2-10,26H,1H3,(H2,21,24). The fourth-order valence-corrected chi connectivity index (χ4v) is 3.40. The zero-order valence-electron chi connectivity index (χ0n) is 14.0. The van der Waals surface area contributed by atoms with Crippen LogP contribution in [0.5, 0.6) is 5.75 Å². The van der Waals surface area contributed by atoms with Gasteiger partial charge in [-0.3, -0.25) is 0 Å². The van der Waals surface area contributed by atoms with Crippen molar-refractivity contribution in [2.45, 2.75) is 6.92 Å². The Hall–Kier alpha value is -3.67. The first kappa shape index (κ1) is 14.7. The summed E-state index contributed by atoms with van der Waals surface area (Å²) in [7, 11) is 0.